The minimum atomic E-state index is -3.57. The third-order valence-corrected chi connectivity index (χ3v) is 7.97. The van der Waals surface area contributed by atoms with Gasteiger partial charge in [0.25, 0.3) is 0 Å². The molecule has 3 aliphatic rings. The van der Waals surface area contributed by atoms with E-state index in [9.17, 15) is 8.42 Å². The maximum atomic E-state index is 13.3. The van der Waals surface area contributed by atoms with Crippen molar-refractivity contribution in [2.45, 2.75) is 50.0 Å². The number of rotatable bonds is 4. The molecule has 148 valence electrons. The maximum absolute atomic E-state index is 13.3. The Balaban J connectivity index is 1.48. The fourth-order valence-corrected chi connectivity index (χ4v) is 5.80. The first-order valence-corrected chi connectivity index (χ1v) is 11.5. The maximum Gasteiger partial charge on any atom is 0.243 e. The second-order valence-corrected chi connectivity index (χ2v) is 9.96. The minimum Gasteiger partial charge on any atom is -0.493 e. The van der Waals surface area contributed by atoms with E-state index < -0.39 is 10.0 Å². The molecule has 0 fully saturated rings. The van der Waals surface area contributed by atoms with E-state index in [0.717, 1.165) is 60.3 Å². The second-order valence-electron chi connectivity index (χ2n) is 7.92. The Hall–Kier alpha value is -2.05. The summed E-state index contributed by atoms with van der Waals surface area (Å²) in [6.07, 6.45) is 5.98. The molecule has 0 saturated heterocycles. The van der Waals surface area contributed by atoms with Gasteiger partial charge in [-0.15, -0.1) is 0 Å². The molecule has 2 aromatic rings. The lowest BCUT2D eigenvalue weighted by atomic mass is 9.92. The smallest absolute Gasteiger partial charge is 0.243 e. The van der Waals surface area contributed by atoms with E-state index in [-0.39, 0.29) is 0 Å². The van der Waals surface area contributed by atoms with Crippen LogP contribution in [-0.4, -0.2) is 33.0 Å². The van der Waals surface area contributed by atoms with Gasteiger partial charge in [-0.1, -0.05) is 6.07 Å². The molecule has 0 bridgehead atoms. The topological polar surface area (TPSA) is 55.8 Å². The summed E-state index contributed by atoms with van der Waals surface area (Å²) in [5.74, 6) is 1.75. The molecule has 0 unspecified atom stereocenters. The largest absolute Gasteiger partial charge is 0.493 e. The highest BCUT2D eigenvalue weighted by molar-refractivity contribution is 7.89. The van der Waals surface area contributed by atoms with Crippen LogP contribution in [0.4, 0.5) is 0 Å². The molecule has 0 saturated carbocycles. The van der Waals surface area contributed by atoms with Crippen LogP contribution in [-0.2, 0) is 42.3 Å². The quantitative estimate of drug-likeness (QED) is 0.792. The highest BCUT2D eigenvalue weighted by atomic mass is 32.2. The van der Waals surface area contributed by atoms with Crippen molar-refractivity contribution in [2.75, 3.05) is 20.3 Å². The van der Waals surface area contributed by atoms with E-state index in [1.165, 1.54) is 21.9 Å². The second kappa shape index (κ2) is 6.78. The molecule has 0 spiro atoms. The monoisotopic (exact) mass is 399 g/mol. The third-order valence-electron chi connectivity index (χ3n) is 6.17. The van der Waals surface area contributed by atoms with Crippen molar-refractivity contribution in [1.82, 2.24) is 4.31 Å². The van der Waals surface area contributed by atoms with Crippen LogP contribution in [0.3, 0.4) is 0 Å². The predicted molar refractivity (Wildman–Crippen MR) is 107 cm³/mol. The Morgan fingerprint density at radius 3 is 2.57 bits per heavy atom. The van der Waals surface area contributed by atoms with E-state index in [4.69, 9.17) is 9.47 Å². The van der Waals surface area contributed by atoms with Gasteiger partial charge in [0.05, 0.1) is 18.1 Å². The number of ether oxygens (including phenoxy) is 2. The zero-order valence-corrected chi connectivity index (χ0v) is 17.0. The first-order valence-electron chi connectivity index (χ1n) is 10.1. The van der Waals surface area contributed by atoms with E-state index >= 15 is 0 Å². The molecule has 2 aliphatic heterocycles. The molecule has 2 heterocycles. The summed E-state index contributed by atoms with van der Waals surface area (Å²) >= 11 is 0. The molecular weight excluding hydrogens is 374 g/mol. The average Bonchev–Trinajstić information content (AvgIpc) is 3.36. The van der Waals surface area contributed by atoms with Crippen LogP contribution in [0.2, 0.25) is 0 Å². The van der Waals surface area contributed by atoms with Gasteiger partial charge >= 0.3 is 0 Å². The summed E-state index contributed by atoms with van der Waals surface area (Å²) in [5, 5.41) is 0. The Morgan fingerprint density at radius 2 is 1.71 bits per heavy atom. The highest BCUT2D eigenvalue weighted by Crippen LogP contribution is 2.41. The van der Waals surface area contributed by atoms with Gasteiger partial charge in [0, 0.05) is 43.1 Å². The number of benzene rings is 2. The fourth-order valence-electron chi connectivity index (χ4n) is 4.61. The molecule has 2 aromatic carbocycles. The van der Waals surface area contributed by atoms with Gasteiger partial charge in [-0.2, -0.15) is 4.31 Å². The summed E-state index contributed by atoms with van der Waals surface area (Å²) in [7, 11) is -1.91. The zero-order valence-electron chi connectivity index (χ0n) is 16.2. The summed E-state index contributed by atoms with van der Waals surface area (Å²) in [6, 6.07) is 7.69. The Morgan fingerprint density at radius 1 is 0.929 bits per heavy atom. The Labute approximate surface area is 166 Å². The minimum absolute atomic E-state index is 0.300. The molecule has 0 N–H and O–H groups in total. The van der Waals surface area contributed by atoms with E-state index in [1.807, 2.05) is 12.1 Å². The predicted octanol–water partition coefficient (Wildman–Crippen LogP) is 3.26. The molecule has 0 atom stereocenters. The van der Waals surface area contributed by atoms with Crippen molar-refractivity contribution in [3.8, 4) is 11.5 Å². The molecule has 5 nitrogen and oxygen atoms in total. The Kier molecular flexibility index (Phi) is 4.36. The van der Waals surface area contributed by atoms with Crippen molar-refractivity contribution >= 4 is 10.0 Å². The van der Waals surface area contributed by atoms with Crippen LogP contribution in [0, 0.1) is 0 Å². The number of nitrogens with zero attached hydrogens (tertiary/aromatic N) is 1. The molecule has 0 amide bonds. The van der Waals surface area contributed by atoms with Gasteiger partial charge in [-0.05, 0) is 55.0 Å². The SMILES string of the molecule is CN(Cc1c2c(cc3c1OCC3)OCC2)S(=O)(=O)c1ccc2c(c1)CCCC2. The van der Waals surface area contributed by atoms with E-state index in [2.05, 4.69) is 6.07 Å². The van der Waals surface area contributed by atoms with Gasteiger partial charge < -0.3 is 9.47 Å². The van der Waals surface area contributed by atoms with Crippen LogP contribution >= 0.6 is 0 Å². The van der Waals surface area contributed by atoms with Gasteiger partial charge in [0.2, 0.25) is 10.0 Å². The van der Waals surface area contributed by atoms with Gasteiger partial charge in [0.15, 0.2) is 0 Å². The molecule has 5 rings (SSSR count). The number of hydrogen-bond donors (Lipinski definition) is 0. The van der Waals surface area contributed by atoms with Crippen molar-refractivity contribution in [3.05, 3.63) is 52.1 Å². The number of fused-ring (bicyclic) bond motifs is 3. The highest BCUT2D eigenvalue weighted by Gasteiger charge is 2.30. The number of sulfonamides is 1. The Bertz CT molecular complexity index is 1010. The lowest BCUT2D eigenvalue weighted by Gasteiger charge is -2.22. The van der Waals surface area contributed by atoms with Gasteiger partial charge in [0.1, 0.15) is 11.5 Å². The summed E-state index contributed by atoms with van der Waals surface area (Å²) in [6.45, 7) is 1.59. The number of aryl methyl sites for hydroxylation is 2. The lowest BCUT2D eigenvalue weighted by molar-refractivity contribution is 0.348. The number of hydrogen-bond acceptors (Lipinski definition) is 4. The van der Waals surface area contributed by atoms with E-state index in [1.54, 1.807) is 13.1 Å². The average molecular weight is 400 g/mol. The first kappa shape index (κ1) is 18.0. The zero-order chi connectivity index (χ0) is 19.3. The molecule has 0 radical (unpaired) electrons. The van der Waals surface area contributed by atoms with Crippen molar-refractivity contribution in [3.63, 3.8) is 0 Å². The summed E-state index contributed by atoms with van der Waals surface area (Å²) < 4.78 is 39.6. The van der Waals surface area contributed by atoms with Gasteiger partial charge in [-0.25, -0.2) is 8.42 Å². The standard InChI is InChI=1S/C22H25NO4S/c1-23(28(24,25)18-7-6-15-4-2-3-5-16(15)12-18)14-20-19-9-11-26-21(19)13-17-8-10-27-22(17)20/h6-7,12-13H,2-5,8-11,14H2,1H3. The molecule has 28 heavy (non-hydrogen) atoms. The summed E-state index contributed by atoms with van der Waals surface area (Å²) in [5.41, 5.74) is 5.64. The fraction of sp³-hybridized carbons (Fsp3) is 0.455. The van der Waals surface area contributed by atoms with Gasteiger partial charge in [-0.3, -0.25) is 0 Å². The molecular formula is C22H25NO4S. The van der Waals surface area contributed by atoms with Crippen LogP contribution in [0.15, 0.2) is 29.2 Å². The van der Waals surface area contributed by atoms with Crippen LogP contribution in [0.25, 0.3) is 0 Å². The van der Waals surface area contributed by atoms with Crippen LogP contribution in [0.1, 0.15) is 40.7 Å². The molecule has 0 aromatic heterocycles. The normalized spacial score (nSPS) is 17.6. The molecule has 6 heteroatoms. The van der Waals surface area contributed by atoms with Crippen molar-refractivity contribution in [2.24, 2.45) is 0 Å². The van der Waals surface area contributed by atoms with Crippen LogP contribution in [0.5, 0.6) is 11.5 Å². The summed E-state index contributed by atoms with van der Waals surface area (Å²) in [4.78, 5) is 0.386. The third kappa shape index (κ3) is 2.90. The first-order chi connectivity index (χ1) is 13.5. The molecule has 1 aliphatic carbocycles. The lowest BCUT2D eigenvalue weighted by Crippen LogP contribution is -2.27. The van der Waals surface area contributed by atoms with Crippen molar-refractivity contribution in [1.29, 1.82) is 0 Å². The van der Waals surface area contributed by atoms with Crippen LogP contribution < -0.4 is 9.47 Å². The van der Waals surface area contributed by atoms with Crippen molar-refractivity contribution < 1.29 is 17.9 Å². The van der Waals surface area contributed by atoms with E-state index in [0.29, 0.717) is 24.7 Å².